The summed E-state index contributed by atoms with van der Waals surface area (Å²) in [7, 11) is 0. The van der Waals surface area contributed by atoms with Crippen LogP contribution in [0.2, 0.25) is 0 Å². The van der Waals surface area contributed by atoms with Crippen LogP contribution in [-0.2, 0) is 29.2 Å². The SMILES string of the molecule is CC1C(CN2CCN(c3ccc([N+](=O)[O-])cc3)CC2)OC(c2cccc(-c3cccc(CNC(=O)NCc4ccccc4)c3)c2)OC1c1ccc(CO)cc1. The third-order valence-corrected chi connectivity index (χ3v) is 10.5. The molecule has 2 aliphatic rings. The Hall–Kier alpha value is -5.59. The molecule has 5 aromatic carbocycles. The Balaban J connectivity index is 1.04. The summed E-state index contributed by atoms with van der Waals surface area (Å²) in [4.78, 5) is 28.0. The number of hydrogen-bond donors (Lipinski definition) is 3. The lowest BCUT2D eigenvalue weighted by molar-refractivity contribution is -0.384. The third-order valence-electron chi connectivity index (χ3n) is 10.5. The highest BCUT2D eigenvalue weighted by atomic mass is 16.7. The Morgan fingerprint density at radius 2 is 1.40 bits per heavy atom. The number of amides is 2. The zero-order valence-corrected chi connectivity index (χ0v) is 30.9. The van der Waals surface area contributed by atoms with Gasteiger partial charge in [0, 0.05) is 75.1 Å². The number of non-ortho nitro benzene ring substituents is 1. The molecule has 2 heterocycles. The highest BCUT2D eigenvalue weighted by molar-refractivity contribution is 5.74. The van der Waals surface area contributed by atoms with Crippen LogP contribution >= 0.6 is 0 Å². The van der Waals surface area contributed by atoms with E-state index in [0.717, 1.165) is 77.4 Å². The number of anilines is 1. The number of carbonyl (C=O) groups excluding carboxylic acids is 1. The average Bonchev–Trinajstić information content (AvgIpc) is 3.24. The van der Waals surface area contributed by atoms with Gasteiger partial charge in [-0.3, -0.25) is 15.0 Å². The lowest BCUT2D eigenvalue weighted by atomic mass is 9.89. The summed E-state index contributed by atoms with van der Waals surface area (Å²) >= 11 is 0. The molecule has 7 rings (SSSR count). The molecule has 11 heteroatoms. The molecule has 4 unspecified atom stereocenters. The van der Waals surface area contributed by atoms with Crippen molar-refractivity contribution < 1.29 is 24.3 Å². The van der Waals surface area contributed by atoms with Crippen molar-refractivity contribution in [1.29, 1.82) is 0 Å². The van der Waals surface area contributed by atoms with Crippen molar-refractivity contribution in [2.45, 2.75) is 45.1 Å². The second-order valence-electron chi connectivity index (χ2n) is 14.2. The molecule has 4 atom stereocenters. The molecule has 0 bridgehead atoms. The smallest absolute Gasteiger partial charge is 0.315 e. The van der Waals surface area contributed by atoms with Crippen LogP contribution in [0.15, 0.2) is 127 Å². The summed E-state index contributed by atoms with van der Waals surface area (Å²) < 4.78 is 13.6. The van der Waals surface area contributed by atoms with E-state index in [2.05, 4.69) is 51.6 Å². The molecule has 2 aliphatic heterocycles. The molecule has 0 aromatic heterocycles. The number of piperazine rings is 1. The van der Waals surface area contributed by atoms with E-state index in [0.29, 0.717) is 13.1 Å². The van der Waals surface area contributed by atoms with Crippen molar-refractivity contribution in [3.63, 3.8) is 0 Å². The van der Waals surface area contributed by atoms with Crippen molar-refractivity contribution >= 4 is 17.4 Å². The Kier molecular flexibility index (Phi) is 12.1. The zero-order chi connectivity index (χ0) is 38.1. The number of nitro benzene ring substituents is 1. The molecule has 0 aliphatic carbocycles. The van der Waals surface area contributed by atoms with Gasteiger partial charge in [-0.2, -0.15) is 0 Å². The molecule has 5 aromatic rings. The first-order valence-corrected chi connectivity index (χ1v) is 18.8. The molecule has 0 spiro atoms. The third kappa shape index (κ3) is 9.56. The number of nitrogens with one attached hydrogen (secondary N) is 2. The standard InChI is InChI=1S/C44H47N5O6/c1-31-41(29-47-21-23-48(24-22-47)39-17-19-40(20-18-39)49(52)53)54-43(55-42(31)35-15-13-33(30-50)14-16-35)38-12-6-11-37(26-38)36-10-5-9-34(25-36)28-46-44(51)45-27-32-7-3-2-4-8-32/h2-20,25-26,31,41-43,50H,21-24,27-30H2,1H3,(H2,45,46,51). The number of rotatable bonds is 12. The maximum Gasteiger partial charge on any atom is 0.315 e. The number of aliphatic hydroxyl groups excluding tert-OH is 1. The van der Waals surface area contributed by atoms with Crippen molar-refractivity contribution in [2.24, 2.45) is 5.92 Å². The van der Waals surface area contributed by atoms with Gasteiger partial charge in [-0.1, -0.05) is 97.9 Å². The van der Waals surface area contributed by atoms with Gasteiger partial charge in [-0.15, -0.1) is 0 Å². The Morgan fingerprint density at radius 1 is 0.745 bits per heavy atom. The van der Waals surface area contributed by atoms with E-state index in [1.54, 1.807) is 12.1 Å². The monoisotopic (exact) mass is 741 g/mol. The second-order valence-corrected chi connectivity index (χ2v) is 14.2. The Bertz CT molecular complexity index is 2040. The highest BCUT2D eigenvalue weighted by Gasteiger charge is 2.39. The van der Waals surface area contributed by atoms with Crippen LogP contribution in [0.4, 0.5) is 16.2 Å². The van der Waals surface area contributed by atoms with Gasteiger partial charge in [0.1, 0.15) is 0 Å². The summed E-state index contributed by atoms with van der Waals surface area (Å²) in [5, 5.41) is 26.7. The van der Waals surface area contributed by atoms with Gasteiger partial charge in [0.25, 0.3) is 5.69 Å². The predicted molar refractivity (Wildman–Crippen MR) is 212 cm³/mol. The largest absolute Gasteiger partial charge is 0.392 e. The first-order valence-electron chi connectivity index (χ1n) is 18.8. The molecule has 2 fully saturated rings. The molecule has 0 saturated carbocycles. The highest BCUT2D eigenvalue weighted by Crippen LogP contribution is 2.42. The van der Waals surface area contributed by atoms with E-state index in [4.69, 9.17) is 9.47 Å². The summed E-state index contributed by atoms with van der Waals surface area (Å²) in [6.07, 6.45) is -0.967. The number of hydrogen-bond acceptors (Lipinski definition) is 8. The van der Waals surface area contributed by atoms with Crippen LogP contribution in [0.5, 0.6) is 0 Å². The van der Waals surface area contributed by atoms with Crippen LogP contribution in [0, 0.1) is 16.0 Å². The summed E-state index contributed by atoms with van der Waals surface area (Å²) in [5.41, 5.74) is 7.94. The molecule has 0 radical (unpaired) electrons. The fourth-order valence-electron chi connectivity index (χ4n) is 7.31. The molecule has 11 nitrogen and oxygen atoms in total. The van der Waals surface area contributed by atoms with Gasteiger partial charge in [-0.25, -0.2) is 4.79 Å². The lowest BCUT2D eigenvalue weighted by Gasteiger charge is -2.44. The Labute approximate surface area is 321 Å². The van der Waals surface area contributed by atoms with E-state index in [1.807, 2.05) is 91.0 Å². The van der Waals surface area contributed by atoms with E-state index in [9.17, 15) is 20.0 Å². The van der Waals surface area contributed by atoms with Crippen LogP contribution in [-0.4, -0.2) is 59.8 Å². The number of nitro groups is 1. The quantitative estimate of drug-likeness (QED) is 0.0894. The minimum absolute atomic E-state index is 0.0208. The predicted octanol–water partition coefficient (Wildman–Crippen LogP) is 7.37. The molecular weight excluding hydrogens is 695 g/mol. The van der Waals surface area contributed by atoms with E-state index >= 15 is 0 Å². The minimum Gasteiger partial charge on any atom is -0.392 e. The number of benzene rings is 5. The van der Waals surface area contributed by atoms with Gasteiger partial charge in [0.15, 0.2) is 6.29 Å². The van der Waals surface area contributed by atoms with Crippen molar-refractivity contribution in [2.75, 3.05) is 37.6 Å². The molecule has 2 saturated heterocycles. The maximum atomic E-state index is 12.5. The number of aliphatic hydroxyl groups is 1. The fraction of sp³-hybridized carbons (Fsp3) is 0.295. The van der Waals surface area contributed by atoms with Crippen LogP contribution in [0.1, 0.15) is 47.1 Å². The average molecular weight is 742 g/mol. The minimum atomic E-state index is -0.608. The number of carbonyl (C=O) groups is 1. The van der Waals surface area contributed by atoms with Crippen molar-refractivity contribution in [1.82, 2.24) is 15.5 Å². The molecule has 2 amide bonds. The van der Waals surface area contributed by atoms with Crippen LogP contribution in [0.3, 0.4) is 0 Å². The lowest BCUT2D eigenvalue weighted by Crippen LogP contribution is -2.51. The van der Waals surface area contributed by atoms with E-state index < -0.39 is 6.29 Å². The topological polar surface area (TPSA) is 129 Å². The first kappa shape index (κ1) is 37.7. The van der Waals surface area contributed by atoms with E-state index in [1.165, 1.54) is 0 Å². The molecular formula is C44H47N5O6. The van der Waals surface area contributed by atoms with Gasteiger partial charge in [0.2, 0.25) is 0 Å². The van der Waals surface area contributed by atoms with Gasteiger partial charge < -0.3 is 30.1 Å². The fourth-order valence-corrected chi connectivity index (χ4v) is 7.31. The first-order chi connectivity index (χ1) is 26.8. The van der Waals surface area contributed by atoms with Crippen LogP contribution < -0.4 is 15.5 Å². The second kappa shape index (κ2) is 17.7. The number of nitrogens with zero attached hydrogens (tertiary/aromatic N) is 3. The zero-order valence-electron chi connectivity index (χ0n) is 30.9. The maximum absolute atomic E-state index is 12.5. The molecule has 284 valence electrons. The summed E-state index contributed by atoms with van der Waals surface area (Å²) in [5.74, 6) is 0.0428. The van der Waals surface area contributed by atoms with Crippen molar-refractivity contribution in [3.05, 3.63) is 165 Å². The number of urea groups is 1. The Morgan fingerprint density at radius 3 is 2.09 bits per heavy atom. The summed E-state index contributed by atoms with van der Waals surface area (Å²) in [6, 6.07) is 40.7. The summed E-state index contributed by atoms with van der Waals surface area (Å²) in [6.45, 7) is 7.01. The van der Waals surface area contributed by atoms with E-state index in [-0.39, 0.29) is 41.4 Å². The molecule has 55 heavy (non-hydrogen) atoms. The molecule has 3 N–H and O–H groups in total. The number of ether oxygens (including phenoxy) is 2. The van der Waals surface area contributed by atoms with Gasteiger partial charge in [0.05, 0.1) is 23.7 Å². The van der Waals surface area contributed by atoms with Crippen LogP contribution in [0.25, 0.3) is 11.1 Å². The normalized spacial score (nSPS) is 20.1. The van der Waals surface area contributed by atoms with Crippen molar-refractivity contribution in [3.8, 4) is 11.1 Å². The van der Waals surface area contributed by atoms with Gasteiger partial charge >= 0.3 is 6.03 Å². The van der Waals surface area contributed by atoms with Gasteiger partial charge in [-0.05, 0) is 57.6 Å².